The van der Waals surface area contributed by atoms with Gasteiger partial charge in [0.15, 0.2) is 5.16 Å². The van der Waals surface area contributed by atoms with Gasteiger partial charge in [-0.05, 0) is 42.2 Å². The molecule has 3 aromatic rings. The molecule has 1 aromatic heterocycles. The molecule has 0 aliphatic carbocycles. The summed E-state index contributed by atoms with van der Waals surface area (Å²) < 4.78 is 1.61. The highest BCUT2D eigenvalue weighted by Gasteiger charge is 2.14. The Kier molecular flexibility index (Phi) is 7.34. The SMILES string of the molecule is CC(C)CCNC(=O)CSc1nc2ccccc2c(=O)n1Cc1cccc(Cl)c1. The van der Waals surface area contributed by atoms with E-state index < -0.39 is 0 Å². The molecule has 0 aliphatic rings. The maximum absolute atomic E-state index is 13.1. The Hall–Kier alpha value is -2.31. The number of benzene rings is 2. The Morgan fingerprint density at radius 2 is 2.00 bits per heavy atom. The minimum atomic E-state index is -0.127. The second-order valence-electron chi connectivity index (χ2n) is 7.25. The highest BCUT2D eigenvalue weighted by Crippen LogP contribution is 2.20. The number of aromatic nitrogens is 2. The van der Waals surface area contributed by atoms with Gasteiger partial charge in [0.2, 0.25) is 5.91 Å². The van der Waals surface area contributed by atoms with E-state index >= 15 is 0 Å². The Morgan fingerprint density at radius 3 is 2.76 bits per heavy atom. The van der Waals surface area contributed by atoms with Crippen LogP contribution in [0.25, 0.3) is 10.9 Å². The van der Waals surface area contributed by atoms with E-state index in [4.69, 9.17) is 11.6 Å². The van der Waals surface area contributed by atoms with Gasteiger partial charge in [-0.2, -0.15) is 0 Å². The van der Waals surface area contributed by atoms with Gasteiger partial charge in [-0.25, -0.2) is 4.98 Å². The second kappa shape index (κ2) is 9.94. The first-order valence-electron chi connectivity index (χ1n) is 9.57. The lowest BCUT2D eigenvalue weighted by molar-refractivity contribution is -0.118. The third-order valence-electron chi connectivity index (χ3n) is 4.43. The molecule has 0 atom stereocenters. The summed E-state index contributed by atoms with van der Waals surface area (Å²) in [6.45, 7) is 5.23. The van der Waals surface area contributed by atoms with Crippen LogP contribution < -0.4 is 10.9 Å². The van der Waals surface area contributed by atoms with E-state index in [0.29, 0.717) is 40.1 Å². The molecule has 152 valence electrons. The van der Waals surface area contributed by atoms with Crippen molar-refractivity contribution in [3.8, 4) is 0 Å². The van der Waals surface area contributed by atoms with Crippen LogP contribution in [0.4, 0.5) is 0 Å². The van der Waals surface area contributed by atoms with Crippen molar-refractivity contribution in [2.24, 2.45) is 5.92 Å². The van der Waals surface area contributed by atoms with Gasteiger partial charge < -0.3 is 5.32 Å². The number of carbonyl (C=O) groups is 1. The van der Waals surface area contributed by atoms with Crippen LogP contribution in [0.1, 0.15) is 25.8 Å². The maximum atomic E-state index is 13.1. The van der Waals surface area contributed by atoms with Crippen LogP contribution in [0.15, 0.2) is 58.5 Å². The first-order chi connectivity index (χ1) is 13.9. The summed E-state index contributed by atoms with van der Waals surface area (Å²) in [7, 11) is 0. The lowest BCUT2D eigenvalue weighted by atomic mass is 10.1. The fraction of sp³-hybridized carbons (Fsp3) is 0.318. The first-order valence-corrected chi connectivity index (χ1v) is 10.9. The van der Waals surface area contributed by atoms with Crippen molar-refractivity contribution in [2.75, 3.05) is 12.3 Å². The number of para-hydroxylation sites is 1. The van der Waals surface area contributed by atoms with Crippen molar-refractivity contribution in [3.05, 3.63) is 69.5 Å². The van der Waals surface area contributed by atoms with Gasteiger partial charge in [-0.15, -0.1) is 0 Å². The van der Waals surface area contributed by atoms with Gasteiger partial charge in [-0.3, -0.25) is 14.2 Å². The molecule has 0 radical (unpaired) electrons. The number of halogens is 1. The Morgan fingerprint density at radius 1 is 1.21 bits per heavy atom. The van der Waals surface area contributed by atoms with Gasteiger partial charge in [0, 0.05) is 11.6 Å². The van der Waals surface area contributed by atoms with Crippen LogP contribution in [-0.4, -0.2) is 27.8 Å². The van der Waals surface area contributed by atoms with Crippen LogP contribution in [0.3, 0.4) is 0 Å². The fourth-order valence-electron chi connectivity index (χ4n) is 2.90. The molecular weight excluding hydrogens is 406 g/mol. The molecule has 0 spiro atoms. The number of nitrogens with zero attached hydrogens (tertiary/aromatic N) is 2. The van der Waals surface area contributed by atoms with Crippen LogP contribution in [0.2, 0.25) is 5.02 Å². The highest BCUT2D eigenvalue weighted by molar-refractivity contribution is 7.99. The number of fused-ring (bicyclic) bond motifs is 1. The van der Waals surface area contributed by atoms with Crippen LogP contribution >= 0.6 is 23.4 Å². The zero-order valence-electron chi connectivity index (χ0n) is 16.5. The Bertz CT molecular complexity index is 1070. The number of amides is 1. The Labute approximate surface area is 179 Å². The molecule has 0 bridgehead atoms. The average Bonchev–Trinajstić information content (AvgIpc) is 2.68. The topological polar surface area (TPSA) is 64.0 Å². The molecular formula is C22H24ClN3O2S. The normalized spacial score (nSPS) is 11.2. The minimum Gasteiger partial charge on any atom is -0.355 e. The van der Waals surface area contributed by atoms with Crippen molar-refractivity contribution >= 4 is 40.2 Å². The van der Waals surface area contributed by atoms with E-state index in [0.717, 1.165) is 12.0 Å². The molecule has 0 aliphatic heterocycles. The van der Waals surface area contributed by atoms with Crippen LogP contribution in [0.5, 0.6) is 0 Å². The van der Waals surface area contributed by atoms with E-state index in [9.17, 15) is 9.59 Å². The number of hydrogen-bond donors (Lipinski definition) is 1. The number of nitrogens with one attached hydrogen (secondary N) is 1. The molecule has 3 rings (SSSR count). The standard InChI is InChI=1S/C22H24ClN3O2S/c1-15(2)10-11-24-20(27)14-29-22-25-19-9-4-3-8-18(19)21(28)26(22)13-16-6-5-7-17(23)12-16/h3-9,12,15H,10-11,13-14H2,1-2H3,(H,24,27). The predicted molar refractivity (Wildman–Crippen MR) is 120 cm³/mol. The number of carbonyl (C=O) groups excluding carboxylic acids is 1. The lowest BCUT2D eigenvalue weighted by Crippen LogP contribution is -2.28. The lowest BCUT2D eigenvalue weighted by Gasteiger charge is -2.13. The highest BCUT2D eigenvalue weighted by atomic mass is 35.5. The number of hydrogen-bond acceptors (Lipinski definition) is 4. The first kappa shape index (κ1) is 21.4. The summed E-state index contributed by atoms with van der Waals surface area (Å²) in [5.74, 6) is 0.679. The molecule has 1 N–H and O–H groups in total. The van der Waals surface area contributed by atoms with Crippen molar-refractivity contribution in [3.63, 3.8) is 0 Å². The number of rotatable bonds is 8. The van der Waals surface area contributed by atoms with Crippen molar-refractivity contribution in [2.45, 2.75) is 32.0 Å². The molecule has 0 fully saturated rings. The van der Waals surface area contributed by atoms with Gasteiger partial charge in [0.1, 0.15) is 0 Å². The zero-order valence-corrected chi connectivity index (χ0v) is 18.1. The molecule has 7 heteroatoms. The molecule has 2 aromatic carbocycles. The van der Waals surface area contributed by atoms with Crippen LogP contribution in [-0.2, 0) is 11.3 Å². The smallest absolute Gasteiger partial charge is 0.262 e. The largest absolute Gasteiger partial charge is 0.355 e. The second-order valence-corrected chi connectivity index (χ2v) is 8.63. The quantitative estimate of drug-likeness (QED) is 0.427. The fourth-order valence-corrected chi connectivity index (χ4v) is 3.94. The molecule has 0 saturated carbocycles. The van der Waals surface area contributed by atoms with E-state index in [1.807, 2.05) is 36.4 Å². The summed E-state index contributed by atoms with van der Waals surface area (Å²) in [6.07, 6.45) is 0.935. The monoisotopic (exact) mass is 429 g/mol. The molecule has 1 heterocycles. The zero-order chi connectivity index (χ0) is 20.8. The van der Waals surface area contributed by atoms with E-state index in [1.54, 1.807) is 16.7 Å². The predicted octanol–water partition coefficient (Wildman–Crippen LogP) is 4.35. The average molecular weight is 430 g/mol. The third-order valence-corrected chi connectivity index (χ3v) is 5.64. The summed E-state index contributed by atoms with van der Waals surface area (Å²) >= 11 is 7.37. The van der Waals surface area contributed by atoms with Crippen molar-refractivity contribution in [1.29, 1.82) is 0 Å². The van der Waals surface area contributed by atoms with Crippen molar-refractivity contribution < 1.29 is 4.79 Å². The summed E-state index contributed by atoms with van der Waals surface area (Å²) in [5, 5.41) is 4.61. The summed E-state index contributed by atoms with van der Waals surface area (Å²) in [4.78, 5) is 30.0. The molecule has 0 saturated heterocycles. The third kappa shape index (κ3) is 5.84. The van der Waals surface area contributed by atoms with E-state index in [-0.39, 0.29) is 17.2 Å². The van der Waals surface area contributed by atoms with Gasteiger partial charge in [0.05, 0.1) is 23.2 Å². The van der Waals surface area contributed by atoms with E-state index in [1.165, 1.54) is 11.8 Å². The van der Waals surface area contributed by atoms with Crippen molar-refractivity contribution in [1.82, 2.24) is 14.9 Å². The number of thioether (sulfide) groups is 1. The summed E-state index contributed by atoms with van der Waals surface area (Å²) in [6, 6.07) is 14.7. The molecule has 29 heavy (non-hydrogen) atoms. The molecule has 0 unspecified atom stereocenters. The maximum Gasteiger partial charge on any atom is 0.262 e. The molecule has 5 nitrogen and oxygen atoms in total. The van der Waals surface area contributed by atoms with E-state index in [2.05, 4.69) is 24.1 Å². The van der Waals surface area contributed by atoms with Gasteiger partial charge in [-0.1, -0.05) is 61.5 Å². The Balaban J connectivity index is 1.86. The minimum absolute atomic E-state index is 0.0626. The molecule has 1 amide bonds. The summed E-state index contributed by atoms with van der Waals surface area (Å²) in [5.41, 5.74) is 1.40. The van der Waals surface area contributed by atoms with Gasteiger partial charge in [0.25, 0.3) is 5.56 Å². The van der Waals surface area contributed by atoms with Crippen LogP contribution in [0, 0.1) is 5.92 Å². The van der Waals surface area contributed by atoms with Gasteiger partial charge >= 0.3 is 0 Å².